The van der Waals surface area contributed by atoms with Crippen molar-refractivity contribution < 1.29 is 8.78 Å². The van der Waals surface area contributed by atoms with Crippen molar-refractivity contribution in [1.82, 2.24) is 4.90 Å². The fourth-order valence-electron chi connectivity index (χ4n) is 1.48. The Morgan fingerprint density at radius 1 is 1.28 bits per heavy atom. The molecule has 0 radical (unpaired) electrons. The van der Waals surface area contributed by atoms with Gasteiger partial charge < -0.3 is 0 Å². The Morgan fingerprint density at radius 3 is 2.11 bits per heavy atom. The summed E-state index contributed by atoms with van der Waals surface area (Å²) in [5.74, 6) is -2.58. The summed E-state index contributed by atoms with van der Waals surface area (Å²) >= 11 is 0. The topological polar surface area (TPSA) is 3.24 Å². The second-order valence-corrected chi connectivity index (χ2v) is 4.55. The average molecular weight is 261 g/mol. The maximum atomic E-state index is 13.2. The molecule has 18 heavy (non-hydrogen) atoms. The number of alkyl halides is 2. The van der Waals surface area contributed by atoms with Crippen LogP contribution < -0.4 is 0 Å². The van der Waals surface area contributed by atoms with E-state index in [1.165, 1.54) is 6.42 Å². The minimum atomic E-state index is -2.58. The van der Waals surface area contributed by atoms with Crippen LogP contribution in [-0.4, -0.2) is 31.0 Å². The number of likely N-dealkylation sites (N-methyl/N-ethyl adjacent to an activating group) is 1. The minimum absolute atomic E-state index is 0.0450. The van der Waals surface area contributed by atoms with E-state index in [-0.39, 0.29) is 13.0 Å². The van der Waals surface area contributed by atoms with E-state index < -0.39 is 5.92 Å². The molecule has 0 unspecified atom stereocenters. The van der Waals surface area contributed by atoms with Gasteiger partial charge in [-0.25, -0.2) is 8.78 Å². The zero-order valence-electron chi connectivity index (χ0n) is 12.6. The van der Waals surface area contributed by atoms with Crippen molar-refractivity contribution in [3.05, 3.63) is 24.3 Å². The van der Waals surface area contributed by atoms with Crippen LogP contribution >= 0.6 is 0 Å². The summed E-state index contributed by atoms with van der Waals surface area (Å²) in [5.41, 5.74) is 0.977. The number of halogens is 2. The van der Waals surface area contributed by atoms with E-state index in [1.807, 2.05) is 13.0 Å². The molecule has 3 heteroatoms. The first kappa shape index (κ1) is 19.6. The summed E-state index contributed by atoms with van der Waals surface area (Å²) in [7, 11) is 1.70. The summed E-state index contributed by atoms with van der Waals surface area (Å²) in [4.78, 5) is 1.63. The Hall–Kier alpha value is -0.700. The standard InChI is InChI=1S/C12H21F2N.C3H8/c1-5-8-12(13,14)10-15(4)9-11(6-2)7-3;1-3-2/h6-7H,2,5,8-10H2,1,3-4H3;3H2,1-2H3/b11-7+;. The first-order valence-corrected chi connectivity index (χ1v) is 6.70. The van der Waals surface area contributed by atoms with E-state index in [2.05, 4.69) is 20.4 Å². The fourth-order valence-corrected chi connectivity index (χ4v) is 1.48. The molecule has 0 bridgehead atoms. The van der Waals surface area contributed by atoms with Crippen LogP contribution in [0, 0.1) is 0 Å². The molecular weight excluding hydrogens is 232 g/mol. The van der Waals surface area contributed by atoms with Crippen LogP contribution in [0.3, 0.4) is 0 Å². The summed E-state index contributed by atoms with van der Waals surface area (Å²) < 4.78 is 26.5. The molecule has 1 nitrogen and oxygen atoms in total. The predicted octanol–water partition coefficient (Wildman–Crippen LogP) is 4.90. The summed E-state index contributed by atoms with van der Waals surface area (Å²) in [6, 6.07) is 0. The van der Waals surface area contributed by atoms with Gasteiger partial charge in [-0.2, -0.15) is 0 Å². The van der Waals surface area contributed by atoms with E-state index >= 15 is 0 Å². The molecule has 0 rings (SSSR count). The molecule has 0 saturated carbocycles. The zero-order chi connectivity index (χ0) is 14.6. The van der Waals surface area contributed by atoms with Crippen molar-refractivity contribution >= 4 is 0 Å². The smallest absolute Gasteiger partial charge is 0.260 e. The maximum Gasteiger partial charge on any atom is 0.260 e. The average Bonchev–Trinajstić information content (AvgIpc) is 2.26. The van der Waals surface area contributed by atoms with E-state index in [9.17, 15) is 8.78 Å². The molecule has 0 N–H and O–H groups in total. The fraction of sp³-hybridized carbons (Fsp3) is 0.733. The molecule has 0 heterocycles. The van der Waals surface area contributed by atoms with Crippen molar-refractivity contribution in [2.75, 3.05) is 20.1 Å². The quantitative estimate of drug-likeness (QED) is 0.589. The summed E-state index contributed by atoms with van der Waals surface area (Å²) in [6.07, 6.45) is 5.31. The van der Waals surface area contributed by atoms with Gasteiger partial charge in [-0.1, -0.05) is 52.3 Å². The molecule has 0 atom stereocenters. The molecule has 0 aliphatic carbocycles. The molecule has 0 aromatic carbocycles. The lowest BCUT2D eigenvalue weighted by Gasteiger charge is -2.23. The molecular formula is C15H29F2N. The Bertz CT molecular complexity index is 235. The van der Waals surface area contributed by atoms with Crippen LogP contribution in [0.15, 0.2) is 24.3 Å². The highest BCUT2D eigenvalue weighted by atomic mass is 19.3. The first-order valence-electron chi connectivity index (χ1n) is 6.70. The van der Waals surface area contributed by atoms with Crippen molar-refractivity contribution in [3.63, 3.8) is 0 Å². The second kappa shape index (κ2) is 11.4. The maximum absolute atomic E-state index is 13.2. The van der Waals surface area contributed by atoms with Gasteiger partial charge in [-0.05, 0) is 19.5 Å². The van der Waals surface area contributed by atoms with E-state index in [0.29, 0.717) is 13.0 Å². The molecule has 0 spiro atoms. The monoisotopic (exact) mass is 261 g/mol. The van der Waals surface area contributed by atoms with Gasteiger partial charge >= 0.3 is 0 Å². The molecule has 0 saturated heterocycles. The Morgan fingerprint density at radius 2 is 1.78 bits per heavy atom. The van der Waals surface area contributed by atoms with Crippen LogP contribution in [0.4, 0.5) is 8.78 Å². The van der Waals surface area contributed by atoms with Gasteiger partial charge in [0.1, 0.15) is 0 Å². The Labute approximate surface area is 112 Å². The van der Waals surface area contributed by atoms with Crippen molar-refractivity contribution in [2.45, 2.75) is 52.9 Å². The molecule has 0 fully saturated rings. The van der Waals surface area contributed by atoms with E-state index in [0.717, 1.165) is 5.57 Å². The van der Waals surface area contributed by atoms with Crippen molar-refractivity contribution in [2.24, 2.45) is 0 Å². The summed E-state index contributed by atoms with van der Waals surface area (Å²) in [6.45, 7) is 11.9. The largest absolute Gasteiger partial charge is 0.296 e. The lowest BCUT2D eigenvalue weighted by atomic mass is 10.1. The minimum Gasteiger partial charge on any atom is -0.296 e. The van der Waals surface area contributed by atoms with Gasteiger partial charge in [0.25, 0.3) is 5.92 Å². The highest BCUT2D eigenvalue weighted by Gasteiger charge is 2.29. The molecule has 108 valence electrons. The van der Waals surface area contributed by atoms with Gasteiger partial charge in [-0.3, -0.25) is 4.90 Å². The molecule has 0 aromatic heterocycles. The SMILES string of the molecule is C=C/C(=C\C)CN(C)CC(F)(F)CCC.CCC. The van der Waals surface area contributed by atoms with Crippen molar-refractivity contribution in [3.8, 4) is 0 Å². The third-order valence-corrected chi connectivity index (χ3v) is 2.20. The molecule has 0 amide bonds. The van der Waals surface area contributed by atoms with Crippen LogP contribution in [0.5, 0.6) is 0 Å². The van der Waals surface area contributed by atoms with E-state index in [4.69, 9.17) is 0 Å². The third kappa shape index (κ3) is 11.8. The molecule has 0 aliphatic heterocycles. The predicted molar refractivity (Wildman–Crippen MR) is 77.3 cm³/mol. The molecule has 0 aliphatic rings. The number of hydrogen-bond donors (Lipinski definition) is 0. The Kier molecular flexibility index (Phi) is 12.4. The number of allylic oxidation sites excluding steroid dienone is 1. The highest BCUT2D eigenvalue weighted by molar-refractivity contribution is 5.16. The van der Waals surface area contributed by atoms with Gasteiger partial charge in [0.05, 0.1) is 6.54 Å². The first-order chi connectivity index (χ1) is 8.36. The van der Waals surface area contributed by atoms with Crippen LogP contribution in [0.1, 0.15) is 47.0 Å². The van der Waals surface area contributed by atoms with Crippen LogP contribution in [-0.2, 0) is 0 Å². The summed E-state index contributed by atoms with van der Waals surface area (Å²) in [5, 5.41) is 0. The highest BCUT2D eigenvalue weighted by Crippen LogP contribution is 2.21. The van der Waals surface area contributed by atoms with Gasteiger partial charge in [0.15, 0.2) is 0 Å². The van der Waals surface area contributed by atoms with Gasteiger partial charge in [0, 0.05) is 13.0 Å². The zero-order valence-corrected chi connectivity index (χ0v) is 12.6. The third-order valence-electron chi connectivity index (χ3n) is 2.20. The number of rotatable bonds is 7. The van der Waals surface area contributed by atoms with Crippen molar-refractivity contribution in [1.29, 1.82) is 0 Å². The number of hydrogen-bond acceptors (Lipinski definition) is 1. The van der Waals surface area contributed by atoms with Gasteiger partial charge in [-0.15, -0.1) is 0 Å². The lowest BCUT2D eigenvalue weighted by Crippen LogP contribution is -2.35. The van der Waals surface area contributed by atoms with E-state index in [1.54, 1.807) is 24.9 Å². The van der Waals surface area contributed by atoms with Gasteiger partial charge in [0.2, 0.25) is 0 Å². The Balaban J connectivity index is 0. The van der Waals surface area contributed by atoms with Crippen LogP contribution in [0.25, 0.3) is 0 Å². The van der Waals surface area contributed by atoms with Crippen LogP contribution in [0.2, 0.25) is 0 Å². The molecule has 0 aromatic rings. The normalized spacial score (nSPS) is 12.1. The number of nitrogens with zero attached hydrogens (tertiary/aromatic N) is 1. The lowest BCUT2D eigenvalue weighted by molar-refractivity contribution is -0.0324. The second-order valence-electron chi connectivity index (χ2n) is 4.55.